The van der Waals surface area contributed by atoms with E-state index in [1.54, 1.807) is 23.3 Å². The van der Waals surface area contributed by atoms with E-state index in [2.05, 4.69) is 15.1 Å². The van der Waals surface area contributed by atoms with Gasteiger partial charge in [-0.25, -0.2) is 0 Å². The molecular weight excluding hydrogens is 407 g/mol. The van der Waals surface area contributed by atoms with Gasteiger partial charge < -0.3 is 4.90 Å². The number of amides is 1. The third-order valence-electron chi connectivity index (χ3n) is 5.39. The predicted octanol–water partition coefficient (Wildman–Crippen LogP) is 4.73. The van der Waals surface area contributed by atoms with E-state index < -0.39 is 11.7 Å². The minimum atomic E-state index is -4.43. The van der Waals surface area contributed by atoms with E-state index in [9.17, 15) is 18.0 Å². The SMILES string of the molecule is C[C@H]1CN(c2ccc(C(F)(F)F)cc2)C(=O)c2c(-c3ccc4nccnc4c3)cnn21. The number of nitrogens with zero attached hydrogens (tertiary/aromatic N) is 5. The number of benzene rings is 2. The Hall–Kier alpha value is -3.75. The molecule has 0 aliphatic carbocycles. The van der Waals surface area contributed by atoms with Crippen LogP contribution in [-0.4, -0.2) is 32.2 Å². The molecule has 31 heavy (non-hydrogen) atoms. The first-order valence-corrected chi connectivity index (χ1v) is 9.61. The quantitative estimate of drug-likeness (QED) is 0.468. The fourth-order valence-electron chi connectivity index (χ4n) is 3.86. The first-order chi connectivity index (χ1) is 14.8. The molecule has 3 heterocycles. The van der Waals surface area contributed by atoms with Gasteiger partial charge in [0, 0.05) is 30.2 Å². The summed E-state index contributed by atoms with van der Waals surface area (Å²) in [7, 11) is 0. The molecule has 2 aromatic carbocycles. The average Bonchev–Trinajstić information content (AvgIpc) is 3.22. The minimum Gasteiger partial charge on any atom is -0.305 e. The van der Waals surface area contributed by atoms with Crippen LogP contribution < -0.4 is 4.90 Å². The molecule has 1 aliphatic heterocycles. The van der Waals surface area contributed by atoms with Crippen molar-refractivity contribution in [3.05, 3.63) is 72.3 Å². The monoisotopic (exact) mass is 423 g/mol. The first kappa shape index (κ1) is 19.2. The summed E-state index contributed by atoms with van der Waals surface area (Å²) in [5, 5.41) is 4.40. The zero-order valence-electron chi connectivity index (χ0n) is 16.3. The summed E-state index contributed by atoms with van der Waals surface area (Å²) in [6.45, 7) is 2.22. The normalized spacial score (nSPS) is 16.6. The molecule has 6 nitrogen and oxygen atoms in total. The van der Waals surface area contributed by atoms with Crippen LogP contribution in [0.3, 0.4) is 0 Å². The van der Waals surface area contributed by atoms with Gasteiger partial charge in [-0.15, -0.1) is 0 Å². The highest BCUT2D eigenvalue weighted by atomic mass is 19.4. The second-order valence-electron chi connectivity index (χ2n) is 7.42. The second kappa shape index (κ2) is 6.90. The predicted molar refractivity (Wildman–Crippen MR) is 109 cm³/mol. The van der Waals surface area contributed by atoms with E-state index in [0.717, 1.165) is 23.2 Å². The van der Waals surface area contributed by atoms with Crippen LogP contribution in [0.25, 0.3) is 22.2 Å². The van der Waals surface area contributed by atoms with Gasteiger partial charge in [0.15, 0.2) is 0 Å². The molecule has 0 unspecified atom stereocenters. The number of hydrogen-bond acceptors (Lipinski definition) is 4. The molecule has 0 bridgehead atoms. The van der Waals surface area contributed by atoms with Crippen molar-refractivity contribution in [3.63, 3.8) is 0 Å². The number of rotatable bonds is 2. The van der Waals surface area contributed by atoms with E-state index in [0.29, 0.717) is 29.0 Å². The van der Waals surface area contributed by atoms with E-state index in [4.69, 9.17) is 0 Å². The lowest BCUT2D eigenvalue weighted by atomic mass is 10.0. The Morgan fingerprint density at radius 3 is 2.42 bits per heavy atom. The van der Waals surface area contributed by atoms with Gasteiger partial charge in [-0.2, -0.15) is 18.3 Å². The number of anilines is 1. The van der Waals surface area contributed by atoms with Gasteiger partial charge in [-0.1, -0.05) is 6.07 Å². The number of aromatic nitrogens is 4. The van der Waals surface area contributed by atoms with E-state index >= 15 is 0 Å². The largest absolute Gasteiger partial charge is 0.416 e. The fraction of sp³-hybridized carbons (Fsp3) is 0.182. The lowest BCUT2D eigenvalue weighted by Crippen LogP contribution is -2.42. The molecule has 0 saturated carbocycles. The standard InChI is InChI=1S/C22H16F3N5O/c1-13-12-29(16-5-3-15(4-6-16)22(23,24)25)21(31)20-17(11-28-30(13)20)14-2-7-18-19(10-14)27-9-8-26-18/h2-11,13H,12H2,1H3/t13-/m0/s1. The van der Waals surface area contributed by atoms with Crippen LogP contribution in [0.15, 0.2) is 61.1 Å². The minimum absolute atomic E-state index is 0.149. The summed E-state index contributed by atoms with van der Waals surface area (Å²) in [5.41, 5.74) is 2.88. The van der Waals surface area contributed by atoms with Crippen molar-refractivity contribution < 1.29 is 18.0 Å². The number of carbonyl (C=O) groups is 1. The van der Waals surface area contributed by atoms with Gasteiger partial charge in [0.1, 0.15) is 5.69 Å². The molecule has 1 aliphatic rings. The Morgan fingerprint density at radius 1 is 1.00 bits per heavy atom. The van der Waals surface area contributed by atoms with Gasteiger partial charge in [0.05, 0.1) is 28.8 Å². The Bertz CT molecular complexity index is 1300. The fourth-order valence-corrected chi connectivity index (χ4v) is 3.86. The van der Waals surface area contributed by atoms with Crippen LogP contribution >= 0.6 is 0 Å². The number of alkyl halides is 3. The van der Waals surface area contributed by atoms with Crippen LogP contribution in [0.5, 0.6) is 0 Å². The second-order valence-corrected chi connectivity index (χ2v) is 7.42. The summed E-state index contributed by atoms with van der Waals surface area (Å²) < 4.78 is 40.4. The average molecular weight is 423 g/mol. The molecule has 0 N–H and O–H groups in total. The molecule has 1 atom stereocenters. The van der Waals surface area contributed by atoms with Gasteiger partial charge in [0.2, 0.25) is 0 Å². The Morgan fingerprint density at radius 2 is 1.71 bits per heavy atom. The molecule has 0 fully saturated rings. The maximum Gasteiger partial charge on any atom is 0.416 e. The number of carbonyl (C=O) groups excluding carboxylic acids is 1. The van der Waals surface area contributed by atoms with Crippen LogP contribution in [-0.2, 0) is 6.18 Å². The highest BCUT2D eigenvalue weighted by molar-refractivity contribution is 6.10. The van der Waals surface area contributed by atoms with Crippen LogP contribution in [0, 0.1) is 0 Å². The van der Waals surface area contributed by atoms with Gasteiger partial charge in [-0.3, -0.25) is 19.4 Å². The van der Waals surface area contributed by atoms with Gasteiger partial charge >= 0.3 is 6.18 Å². The highest BCUT2D eigenvalue weighted by Crippen LogP contribution is 2.35. The highest BCUT2D eigenvalue weighted by Gasteiger charge is 2.35. The number of hydrogen-bond donors (Lipinski definition) is 0. The molecular formula is C22H16F3N5O. The molecule has 9 heteroatoms. The molecule has 0 saturated heterocycles. The Balaban J connectivity index is 1.56. The lowest BCUT2D eigenvalue weighted by Gasteiger charge is -2.32. The summed E-state index contributed by atoms with van der Waals surface area (Å²) in [6, 6.07) is 9.99. The van der Waals surface area contributed by atoms with Crippen molar-refractivity contribution >= 4 is 22.6 Å². The van der Waals surface area contributed by atoms with E-state index in [1.165, 1.54) is 17.0 Å². The summed E-state index contributed by atoms with van der Waals surface area (Å²) in [4.78, 5) is 23.4. The first-order valence-electron chi connectivity index (χ1n) is 9.61. The van der Waals surface area contributed by atoms with Gasteiger partial charge in [-0.05, 0) is 48.9 Å². The molecule has 5 rings (SSSR count). The van der Waals surface area contributed by atoms with Crippen molar-refractivity contribution in [1.29, 1.82) is 0 Å². The third kappa shape index (κ3) is 3.22. The van der Waals surface area contributed by atoms with Crippen molar-refractivity contribution in [2.75, 3.05) is 11.4 Å². The number of halogens is 3. The molecule has 156 valence electrons. The van der Waals surface area contributed by atoms with Crippen LogP contribution in [0.2, 0.25) is 0 Å². The van der Waals surface area contributed by atoms with Crippen molar-refractivity contribution in [2.45, 2.75) is 19.1 Å². The molecule has 4 aromatic rings. The Labute approximate surface area is 175 Å². The summed E-state index contributed by atoms with van der Waals surface area (Å²) >= 11 is 0. The number of fused-ring (bicyclic) bond motifs is 2. The zero-order chi connectivity index (χ0) is 21.8. The molecule has 0 spiro atoms. The van der Waals surface area contributed by atoms with E-state index in [-0.39, 0.29) is 11.9 Å². The smallest absolute Gasteiger partial charge is 0.305 e. The maximum atomic E-state index is 13.4. The molecule has 0 radical (unpaired) electrons. The molecule has 1 amide bonds. The third-order valence-corrected chi connectivity index (χ3v) is 5.39. The maximum absolute atomic E-state index is 13.4. The van der Waals surface area contributed by atoms with Crippen molar-refractivity contribution in [2.24, 2.45) is 0 Å². The van der Waals surface area contributed by atoms with E-state index in [1.807, 2.05) is 25.1 Å². The zero-order valence-corrected chi connectivity index (χ0v) is 16.3. The topological polar surface area (TPSA) is 63.9 Å². The lowest BCUT2D eigenvalue weighted by molar-refractivity contribution is -0.137. The molecule has 2 aromatic heterocycles. The van der Waals surface area contributed by atoms with Gasteiger partial charge in [0.25, 0.3) is 5.91 Å². The summed E-state index contributed by atoms with van der Waals surface area (Å²) in [5.74, 6) is -0.315. The van der Waals surface area contributed by atoms with Crippen molar-refractivity contribution in [3.8, 4) is 11.1 Å². The van der Waals surface area contributed by atoms with Crippen LogP contribution in [0.4, 0.5) is 18.9 Å². The van der Waals surface area contributed by atoms with Crippen molar-refractivity contribution in [1.82, 2.24) is 19.7 Å². The van der Waals surface area contributed by atoms with Crippen LogP contribution in [0.1, 0.15) is 29.0 Å². The Kier molecular flexibility index (Phi) is 4.28. The summed E-state index contributed by atoms with van der Waals surface area (Å²) in [6.07, 6.45) is 0.413.